The fraction of sp³-hybridized carbons (Fsp3) is 0.0714. The molecule has 2 aromatic carbocycles. The van der Waals surface area contributed by atoms with Gasteiger partial charge in [0.2, 0.25) is 5.82 Å². The molecule has 0 radical (unpaired) electrons. The van der Waals surface area contributed by atoms with Gasteiger partial charge in [0, 0.05) is 5.56 Å². The number of carbonyl (C=O) groups is 1. The molecule has 2 nitrogen and oxygen atoms in total. The largest absolute Gasteiger partial charge is 0.454 e. The van der Waals surface area contributed by atoms with Crippen molar-refractivity contribution in [2.45, 2.75) is 6.92 Å². The minimum Gasteiger partial charge on any atom is -0.454 e. The molecule has 0 spiro atoms. The zero-order valence-corrected chi connectivity index (χ0v) is 9.61. The molecule has 92 valence electrons. The van der Waals surface area contributed by atoms with Gasteiger partial charge < -0.3 is 4.74 Å². The third-order valence-corrected chi connectivity index (χ3v) is 2.38. The summed E-state index contributed by atoms with van der Waals surface area (Å²) in [5, 5.41) is 0. The number of rotatable bonds is 3. The Kier molecular flexibility index (Phi) is 3.37. The van der Waals surface area contributed by atoms with Crippen LogP contribution in [0, 0.1) is 11.6 Å². The summed E-state index contributed by atoms with van der Waals surface area (Å²) in [6.07, 6.45) is 0. The average Bonchev–Trinajstić information content (AvgIpc) is 2.35. The third-order valence-electron chi connectivity index (χ3n) is 2.38. The van der Waals surface area contributed by atoms with E-state index < -0.39 is 11.6 Å². The van der Waals surface area contributed by atoms with Gasteiger partial charge in [0.15, 0.2) is 17.3 Å². The highest BCUT2D eigenvalue weighted by molar-refractivity contribution is 5.94. The molecule has 0 amide bonds. The molecule has 0 saturated heterocycles. The Bertz CT molecular complexity index is 594. The van der Waals surface area contributed by atoms with E-state index >= 15 is 0 Å². The van der Waals surface area contributed by atoms with E-state index in [1.54, 1.807) is 18.2 Å². The summed E-state index contributed by atoms with van der Waals surface area (Å²) < 4.78 is 31.6. The van der Waals surface area contributed by atoms with E-state index in [2.05, 4.69) is 0 Å². The molecule has 0 bridgehead atoms. The van der Waals surface area contributed by atoms with Crippen LogP contribution >= 0.6 is 0 Å². The maximum atomic E-state index is 13.4. The molecule has 4 heteroatoms. The molecule has 0 unspecified atom stereocenters. The monoisotopic (exact) mass is 248 g/mol. The molecule has 2 rings (SSSR count). The van der Waals surface area contributed by atoms with E-state index in [-0.39, 0.29) is 17.3 Å². The molecule has 18 heavy (non-hydrogen) atoms. The summed E-state index contributed by atoms with van der Waals surface area (Å²) >= 11 is 0. The topological polar surface area (TPSA) is 26.3 Å². The van der Waals surface area contributed by atoms with Crippen molar-refractivity contribution in [2.24, 2.45) is 0 Å². The molecule has 0 aromatic heterocycles. The number of ether oxygens (including phenoxy) is 1. The highest BCUT2D eigenvalue weighted by Crippen LogP contribution is 2.26. The minimum absolute atomic E-state index is 0.125. The first-order chi connectivity index (χ1) is 8.58. The van der Waals surface area contributed by atoms with Gasteiger partial charge in [-0.05, 0) is 31.2 Å². The van der Waals surface area contributed by atoms with E-state index in [0.29, 0.717) is 5.56 Å². The lowest BCUT2D eigenvalue weighted by Gasteiger charge is -2.07. The van der Waals surface area contributed by atoms with Crippen molar-refractivity contribution < 1.29 is 18.3 Å². The van der Waals surface area contributed by atoms with Crippen LogP contribution in [0.1, 0.15) is 17.3 Å². The van der Waals surface area contributed by atoms with Gasteiger partial charge in [-0.1, -0.05) is 18.2 Å². The Hall–Kier alpha value is -2.23. The first-order valence-electron chi connectivity index (χ1n) is 5.31. The first kappa shape index (κ1) is 12.2. The highest BCUT2D eigenvalue weighted by Gasteiger charge is 2.10. The normalized spacial score (nSPS) is 10.2. The number of ketones is 1. The van der Waals surface area contributed by atoms with Crippen LogP contribution in [0.2, 0.25) is 0 Å². The molecule has 2 aromatic rings. The predicted octanol–water partition coefficient (Wildman–Crippen LogP) is 3.96. The van der Waals surface area contributed by atoms with Crippen LogP contribution in [0.5, 0.6) is 11.5 Å². The van der Waals surface area contributed by atoms with Crippen molar-refractivity contribution in [2.75, 3.05) is 0 Å². The Morgan fingerprint density at radius 2 is 1.83 bits per heavy atom. The van der Waals surface area contributed by atoms with E-state index in [9.17, 15) is 13.6 Å². The summed E-state index contributed by atoms with van der Waals surface area (Å²) in [6, 6.07) is 9.96. The van der Waals surface area contributed by atoms with Crippen LogP contribution in [0.15, 0.2) is 42.5 Å². The van der Waals surface area contributed by atoms with Crippen molar-refractivity contribution in [3.8, 4) is 11.5 Å². The maximum absolute atomic E-state index is 13.4. The van der Waals surface area contributed by atoms with E-state index in [1.165, 1.54) is 25.1 Å². The fourth-order valence-electron chi connectivity index (χ4n) is 1.47. The van der Waals surface area contributed by atoms with Crippen LogP contribution in [0.4, 0.5) is 8.78 Å². The third kappa shape index (κ3) is 2.53. The van der Waals surface area contributed by atoms with Crippen molar-refractivity contribution in [3.05, 3.63) is 59.7 Å². The van der Waals surface area contributed by atoms with Gasteiger partial charge in [-0.2, -0.15) is 4.39 Å². The number of carbonyl (C=O) groups excluding carboxylic acids is 1. The Labute approximate surface area is 103 Å². The van der Waals surface area contributed by atoms with Crippen LogP contribution in [-0.4, -0.2) is 5.78 Å². The summed E-state index contributed by atoms with van der Waals surface area (Å²) in [5.74, 6) is -2.08. The zero-order chi connectivity index (χ0) is 13.1. The maximum Gasteiger partial charge on any atom is 0.201 e. The minimum atomic E-state index is -1.05. The Morgan fingerprint density at radius 1 is 1.11 bits per heavy atom. The van der Waals surface area contributed by atoms with Crippen molar-refractivity contribution in [1.82, 2.24) is 0 Å². The molecule has 0 heterocycles. The fourth-order valence-corrected chi connectivity index (χ4v) is 1.47. The summed E-state index contributed by atoms with van der Waals surface area (Å²) in [6.45, 7) is 1.42. The lowest BCUT2D eigenvalue weighted by atomic mass is 10.1. The molecule has 0 fully saturated rings. The van der Waals surface area contributed by atoms with E-state index in [1.807, 2.05) is 0 Å². The van der Waals surface area contributed by atoms with E-state index in [0.717, 1.165) is 6.07 Å². The Balaban J connectivity index is 2.31. The second-order valence-corrected chi connectivity index (χ2v) is 3.74. The predicted molar refractivity (Wildman–Crippen MR) is 62.9 cm³/mol. The molecule has 0 aliphatic carbocycles. The second-order valence-electron chi connectivity index (χ2n) is 3.74. The van der Waals surface area contributed by atoms with Crippen molar-refractivity contribution in [3.63, 3.8) is 0 Å². The van der Waals surface area contributed by atoms with Crippen LogP contribution in [-0.2, 0) is 0 Å². The second kappa shape index (κ2) is 4.96. The molecule has 0 aliphatic rings. The molecule has 0 saturated carbocycles. The Morgan fingerprint density at radius 3 is 2.56 bits per heavy atom. The van der Waals surface area contributed by atoms with Crippen molar-refractivity contribution in [1.29, 1.82) is 0 Å². The SMILES string of the molecule is CC(=O)c1cccc(Oc2cccc(F)c2F)c1. The summed E-state index contributed by atoms with van der Waals surface area (Å²) in [5.41, 5.74) is 0.448. The lowest BCUT2D eigenvalue weighted by molar-refractivity contribution is 0.101. The number of hydrogen-bond acceptors (Lipinski definition) is 2. The van der Waals surface area contributed by atoms with Gasteiger partial charge in [0.1, 0.15) is 5.75 Å². The molecule has 0 aliphatic heterocycles. The smallest absolute Gasteiger partial charge is 0.201 e. The number of halogens is 2. The van der Waals surface area contributed by atoms with Crippen LogP contribution in [0.3, 0.4) is 0 Å². The molecular formula is C14H10F2O2. The standard InChI is InChI=1S/C14H10F2O2/c1-9(17)10-4-2-5-11(8-10)18-13-7-3-6-12(15)14(13)16/h2-8H,1H3. The first-order valence-corrected chi connectivity index (χ1v) is 5.31. The molecule has 0 atom stereocenters. The van der Waals surface area contributed by atoms with Gasteiger partial charge in [-0.15, -0.1) is 0 Å². The zero-order valence-electron chi connectivity index (χ0n) is 9.61. The van der Waals surface area contributed by atoms with Gasteiger partial charge in [0.05, 0.1) is 0 Å². The lowest BCUT2D eigenvalue weighted by Crippen LogP contribution is -1.94. The number of benzene rings is 2. The van der Waals surface area contributed by atoms with E-state index in [4.69, 9.17) is 4.74 Å². The van der Waals surface area contributed by atoms with Gasteiger partial charge in [0.25, 0.3) is 0 Å². The quantitative estimate of drug-likeness (QED) is 0.768. The summed E-state index contributed by atoms with van der Waals surface area (Å²) in [4.78, 5) is 11.2. The number of Topliss-reactive ketones (excluding diaryl/α,β-unsaturated/α-hetero) is 1. The van der Waals surface area contributed by atoms with Gasteiger partial charge >= 0.3 is 0 Å². The molecular weight excluding hydrogens is 238 g/mol. The van der Waals surface area contributed by atoms with Crippen molar-refractivity contribution >= 4 is 5.78 Å². The van der Waals surface area contributed by atoms with Crippen LogP contribution in [0.25, 0.3) is 0 Å². The number of hydrogen-bond donors (Lipinski definition) is 0. The van der Waals surface area contributed by atoms with Crippen LogP contribution < -0.4 is 4.74 Å². The molecule has 0 N–H and O–H groups in total. The van der Waals surface area contributed by atoms with Gasteiger partial charge in [-0.25, -0.2) is 4.39 Å². The summed E-state index contributed by atoms with van der Waals surface area (Å²) in [7, 11) is 0. The highest BCUT2D eigenvalue weighted by atomic mass is 19.2. The van der Waals surface area contributed by atoms with Gasteiger partial charge in [-0.3, -0.25) is 4.79 Å². The average molecular weight is 248 g/mol.